The molecule has 1 N–H and O–H groups in total. The van der Waals surface area contributed by atoms with Crippen LogP contribution in [0.2, 0.25) is 5.02 Å². The summed E-state index contributed by atoms with van der Waals surface area (Å²) >= 11 is 9.80. The largest absolute Gasteiger partial charge is 0.352 e. The van der Waals surface area contributed by atoms with Crippen molar-refractivity contribution in [3.63, 3.8) is 0 Å². The van der Waals surface area contributed by atoms with Gasteiger partial charge in [-0.1, -0.05) is 89.1 Å². The van der Waals surface area contributed by atoms with E-state index in [0.717, 1.165) is 32.6 Å². The number of benzene rings is 3. The van der Waals surface area contributed by atoms with Crippen molar-refractivity contribution in [1.82, 2.24) is 10.2 Å². The number of halogens is 2. The van der Waals surface area contributed by atoms with Crippen LogP contribution >= 0.6 is 27.5 Å². The number of anilines is 1. The van der Waals surface area contributed by atoms with Crippen molar-refractivity contribution in [3.05, 3.63) is 99.5 Å². The summed E-state index contributed by atoms with van der Waals surface area (Å²) in [6.45, 7) is 3.46. The Balaban J connectivity index is 2.07. The molecule has 208 valence electrons. The van der Waals surface area contributed by atoms with E-state index in [-0.39, 0.29) is 35.6 Å². The van der Waals surface area contributed by atoms with Gasteiger partial charge in [0, 0.05) is 23.5 Å². The van der Waals surface area contributed by atoms with E-state index in [2.05, 4.69) is 21.2 Å². The van der Waals surface area contributed by atoms with Crippen LogP contribution in [-0.4, -0.2) is 50.0 Å². The van der Waals surface area contributed by atoms with Crippen molar-refractivity contribution < 1.29 is 18.0 Å². The van der Waals surface area contributed by atoms with Crippen molar-refractivity contribution in [3.8, 4) is 0 Å². The molecule has 0 unspecified atom stereocenters. The van der Waals surface area contributed by atoms with Gasteiger partial charge in [-0.05, 0) is 48.7 Å². The third kappa shape index (κ3) is 8.81. The first kappa shape index (κ1) is 30.7. The molecule has 0 aromatic heterocycles. The second-order valence-electron chi connectivity index (χ2n) is 9.40. The second kappa shape index (κ2) is 14.0. The molecule has 0 aliphatic carbocycles. The highest BCUT2D eigenvalue weighted by atomic mass is 79.9. The maximum atomic E-state index is 14.1. The molecule has 7 nitrogen and oxygen atoms in total. The summed E-state index contributed by atoms with van der Waals surface area (Å²) in [5, 5.41) is 3.21. The summed E-state index contributed by atoms with van der Waals surface area (Å²) in [4.78, 5) is 29.2. The molecule has 0 fully saturated rings. The molecule has 39 heavy (non-hydrogen) atoms. The lowest BCUT2D eigenvalue weighted by Crippen LogP contribution is -2.54. The summed E-state index contributed by atoms with van der Waals surface area (Å²) in [6, 6.07) is 22.3. The van der Waals surface area contributed by atoms with Crippen molar-refractivity contribution in [2.24, 2.45) is 0 Å². The summed E-state index contributed by atoms with van der Waals surface area (Å²) in [5.41, 5.74) is 1.86. The Bertz CT molecular complexity index is 1390. The molecular formula is C29H33BrClN3O4S. The molecule has 0 spiro atoms. The van der Waals surface area contributed by atoms with Crippen LogP contribution < -0.4 is 9.62 Å². The number of amides is 2. The summed E-state index contributed by atoms with van der Waals surface area (Å²) in [6.07, 6.45) is 2.00. The van der Waals surface area contributed by atoms with Crippen LogP contribution in [-0.2, 0) is 32.6 Å². The third-order valence-electron chi connectivity index (χ3n) is 6.31. The summed E-state index contributed by atoms with van der Waals surface area (Å²) < 4.78 is 27.5. The predicted octanol–water partition coefficient (Wildman–Crippen LogP) is 5.42. The van der Waals surface area contributed by atoms with Crippen molar-refractivity contribution in [2.75, 3.05) is 17.1 Å². The van der Waals surface area contributed by atoms with E-state index < -0.39 is 28.5 Å². The Labute approximate surface area is 244 Å². The number of carbonyl (C=O) groups excluding carboxylic acids is 2. The average molecular weight is 635 g/mol. The third-order valence-corrected chi connectivity index (χ3v) is 8.25. The fraction of sp³-hybridized carbons (Fsp3) is 0.310. The Morgan fingerprint density at radius 2 is 1.62 bits per heavy atom. The zero-order valence-corrected chi connectivity index (χ0v) is 25.3. The first-order valence-corrected chi connectivity index (χ1v) is 15.6. The van der Waals surface area contributed by atoms with Gasteiger partial charge < -0.3 is 10.2 Å². The Morgan fingerprint density at radius 1 is 0.974 bits per heavy atom. The fourth-order valence-electron chi connectivity index (χ4n) is 4.08. The molecule has 0 saturated carbocycles. The predicted molar refractivity (Wildman–Crippen MR) is 160 cm³/mol. The van der Waals surface area contributed by atoms with Crippen molar-refractivity contribution >= 4 is 55.1 Å². The van der Waals surface area contributed by atoms with Crippen LogP contribution in [0, 0.1) is 0 Å². The number of nitrogens with zero attached hydrogens (tertiary/aromatic N) is 2. The number of hydrogen-bond acceptors (Lipinski definition) is 4. The molecule has 3 aromatic carbocycles. The Hall–Kier alpha value is -2.88. The number of carbonyl (C=O) groups is 2. The number of hydrogen-bond donors (Lipinski definition) is 1. The number of rotatable bonds is 12. The Kier molecular flexibility index (Phi) is 11.0. The minimum atomic E-state index is -3.88. The minimum absolute atomic E-state index is 0.101. The number of sulfonamides is 1. The lowest BCUT2D eigenvalue weighted by Gasteiger charge is -2.34. The maximum Gasteiger partial charge on any atom is 0.244 e. The zero-order valence-electron chi connectivity index (χ0n) is 22.2. The van der Waals surface area contributed by atoms with E-state index in [1.165, 1.54) is 4.90 Å². The normalized spacial score (nSPS) is 12.8. The van der Waals surface area contributed by atoms with E-state index in [1.807, 2.05) is 68.4 Å². The van der Waals surface area contributed by atoms with Gasteiger partial charge in [-0.25, -0.2) is 8.42 Å². The van der Waals surface area contributed by atoms with Crippen molar-refractivity contribution in [2.45, 2.75) is 45.3 Å². The van der Waals surface area contributed by atoms with Gasteiger partial charge in [0.2, 0.25) is 21.8 Å². The second-order valence-corrected chi connectivity index (χ2v) is 12.6. The number of para-hydroxylation sites is 1. The molecule has 10 heteroatoms. The highest BCUT2D eigenvalue weighted by Crippen LogP contribution is 2.28. The molecule has 0 aliphatic heterocycles. The van der Waals surface area contributed by atoms with E-state index in [9.17, 15) is 18.0 Å². The van der Waals surface area contributed by atoms with Gasteiger partial charge in [-0.2, -0.15) is 0 Å². The molecule has 0 saturated heterocycles. The SMILES string of the molecule is CC[C@@H](C)NC(=O)[C@@H](Cc1ccccc1)N(Cc1cccc(Br)c1)C(=O)CN(c1ccccc1Cl)S(C)(=O)=O. The molecule has 2 amide bonds. The van der Waals surface area contributed by atoms with Crippen molar-refractivity contribution in [1.29, 1.82) is 0 Å². The molecular weight excluding hydrogens is 602 g/mol. The molecule has 0 radical (unpaired) electrons. The quantitative estimate of drug-likeness (QED) is 0.288. The van der Waals surface area contributed by atoms with Gasteiger partial charge in [0.05, 0.1) is 17.0 Å². The van der Waals surface area contributed by atoms with Gasteiger partial charge in [0.1, 0.15) is 12.6 Å². The first-order chi connectivity index (χ1) is 18.5. The highest BCUT2D eigenvalue weighted by Gasteiger charge is 2.33. The molecule has 0 aliphatic rings. The van der Waals surface area contributed by atoms with Gasteiger partial charge in [-0.3, -0.25) is 13.9 Å². The lowest BCUT2D eigenvalue weighted by molar-refractivity contribution is -0.140. The van der Waals surface area contributed by atoms with Gasteiger partial charge >= 0.3 is 0 Å². The van der Waals surface area contributed by atoms with Gasteiger partial charge in [-0.15, -0.1) is 0 Å². The van der Waals surface area contributed by atoms with E-state index >= 15 is 0 Å². The van der Waals surface area contributed by atoms with Gasteiger partial charge in [0.15, 0.2) is 0 Å². The number of nitrogens with one attached hydrogen (secondary N) is 1. The van der Waals surface area contributed by atoms with Crippen LogP contribution in [0.1, 0.15) is 31.4 Å². The van der Waals surface area contributed by atoms with E-state index in [4.69, 9.17) is 11.6 Å². The van der Waals surface area contributed by atoms with Crippen LogP contribution in [0.3, 0.4) is 0 Å². The minimum Gasteiger partial charge on any atom is -0.352 e. The molecule has 3 aromatic rings. The smallest absolute Gasteiger partial charge is 0.244 e. The summed E-state index contributed by atoms with van der Waals surface area (Å²) in [7, 11) is -3.88. The fourth-order valence-corrected chi connectivity index (χ4v) is 5.67. The molecule has 0 bridgehead atoms. The van der Waals surface area contributed by atoms with E-state index in [1.54, 1.807) is 24.3 Å². The monoisotopic (exact) mass is 633 g/mol. The van der Waals surface area contributed by atoms with Crippen LogP contribution in [0.5, 0.6) is 0 Å². The zero-order chi connectivity index (χ0) is 28.6. The standard InChI is InChI=1S/C29H33BrClN3O4S/c1-4-21(2)32-29(36)27(18-22-11-6-5-7-12-22)33(19-23-13-10-14-24(30)17-23)28(35)20-34(39(3,37)38)26-16-9-8-15-25(26)31/h5-17,21,27H,4,18-20H2,1-3H3,(H,32,36)/t21-,27-/m1/s1. The maximum absolute atomic E-state index is 14.1. The molecule has 2 atom stereocenters. The molecule has 3 rings (SSSR count). The average Bonchev–Trinajstić information content (AvgIpc) is 2.89. The lowest BCUT2D eigenvalue weighted by atomic mass is 10.0. The topological polar surface area (TPSA) is 86.8 Å². The van der Waals surface area contributed by atoms with Crippen LogP contribution in [0.15, 0.2) is 83.3 Å². The Morgan fingerprint density at radius 3 is 2.23 bits per heavy atom. The van der Waals surface area contributed by atoms with Gasteiger partial charge in [0.25, 0.3) is 0 Å². The molecule has 0 heterocycles. The first-order valence-electron chi connectivity index (χ1n) is 12.6. The van der Waals surface area contributed by atoms with Crippen LogP contribution in [0.25, 0.3) is 0 Å². The highest BCUT2D eigenvalue weighted by molar-refractivity contribution is 9.10. The van der Waals surface area contributed by atoms with E-state index in [0.29, 0.717) is 0 Å². The summed E-state index contributed by atoms with van der Waals surface area (Å²) in [5.74, 6) is -0.833. The van der Waals surface area contributed by atoms with Crippen LogP contribution in [0.4, 0.5) is 5.69 Å².